The highest BCUT2D eigenvalue weighted by molar-refractivity contribution is 8.13. The van der Waals surface area contributed by atoms with E-state index in [2.05, 4.69) is 30.6 Å². The molecule has 0 bridgehead atoms. The van der Waals surface area contributed by atoms with Crippen LogP contribution in [0.25, 0.3) is 0 Å². The van der Waals surface area contributed by atoms with Gasteiger partial charge in [0, 0.05) is 50.7 Å². The molecule has 2 aliphatic rings. The van der Waals surface area contributed by atoms with E-state index in [0.717, 1.165) is 29.7 Å². The first-order valence-corrected chi connectivity index (χ1v) is 15.2. The number of ether oxygens (including phenoxy) is 4. The number of nitrogens with zero attached hydrogens (tertiary/aromatic N) is 1. The molecular formula is C33H43NO6S. The fraction of sp³-hybridized carbons (Fsp3) is 0.576. The highest BCUT2D eigenvalue weighted by Gasteiger charge is 2.54. The Kier molecular flexibility index (Phi) is 12.7. The predicted octanol–water partition coefficient (Wildman–Crippen LogP) is 6.36. The van der Waals surface area contributed by atoms with Crippen LogP contribution in [-0.2, 0) is 25.5 Å². The van der Waals surface area contributed by atoms with Crippen molar-refractivity contribution < 1.29 is 28.5 Å². The zero-order valence-corrected chi connectivity index (χ0v) is 26.0. The molecule has 7 nitrogen and oxygen atoms in total. The molecule has 41 heavy (non-hydrogen) atoms. The number of benzene rings is 1. The summed E-state index contributed by atoms with van der Waals surface area (Å²) in [5.41, 5.74) is 1.91. The molecule has 0 N–H and O–H groups in total. The summed E-state index contributed by atoms with van der Waals surface area (Å²) in [6.45, 7) is 8.07. The monoisotopic (exact) mass is 581 g/mol. The first kappa shape index (κ1) is 32.6. The Morgan fingerprint density at radius 3 is 2.66 bits per heavy atom. The number of amides is 1. The van der Waals surface area contributed by atoms with E-state index in [1.54, 1.807) is 27.2 Å². The van der Waals surface area contributed by atoms with Gasteiger partial charge in [-0.15, -0.1) is 23.7 Å². The lowest BCUT2D eigenvalue weighted by atomic mass is 9.89. The van der Waals surface area contributed by atoms with E-state index >= 15 is 0 Å². The molecule has 2 saturated heterocycles. The van der Waals surface area contributed by atoms with Crippen LogP contribution in [0.2, 0.25) is 0 Å². The average Bonchev–Trinajstić information content (AvgIpc) is 3.32. The number of allylic oxidation sites excluding steroid dienone is 1. The van der Waals surface area contributed by atoms with Gasteiger partial charge in [0.05, 0.1) is 19.3 Å². The van der Waals surface area contributed by atoms with Gasteiger partial charge in [0.2, 0.25) is 0 Å². The van der Waals surface area contributed by atoms with Crippen molar-refractivity contribution in [3.8, 4) is 29.4 Å². The van der Waals surface area contributed by atoms with Gasteiger partial charge < -0.3 is 23.8 Å². The molecule has 1 aromatic rings. The Bertz CT molecular complexity index is 1190. The summed E-state index contributed by atoms with van der Waals surface area (Å²) in [5, 5.41) is -0.0258. The maximum atomic E-state index is 13.1. The summed E-state index contributed by atoms with van der Waals surface area (Å²) < 4.78 is 24.2. The Morgan fingerprint density at radius 2 is 2.00 bits per heavy atom. The van der Waals surface area contributed by atoms with Gasteiger partial charge in [0.1, 0.15) is 11.9 Å². The van der Waals surface area contributed by atoms with E-state index in [4.69, 9.17) is 18.9 Å². The van der Waals surface area contributed by atoms with Gasteiger partial charge in [-0.05, 0) is 57.7 Å². The Balaban J connectivity index is 1.83. The lowest BCUT2D eigenvalue weighted by Gasteiger charge is -2.48. The third-order valence-corrected chi connectivity index (χ3v) is 8.49. The lowest BCUT2D eigenvalue weighted by Crippen LogP contribution is -2.60. The van der Waals surface area contributed by atoms with Crippen LogP contribution in [-0.4, -0.2) is 60.1 Å². The van der Waals surface area contributed by atoms with Crippen LogP contribution >= 0.6 is 11.8 Å². The van der Waals surface area contributed by atoms with Gasteiger partial charge in [-0.2, -0.15) is 0 Å². The van der Waals surface area contributed by atoms with Gasteiger partial charge in [0.15, 0.2) is 5.79 Å². The molecule has 2 fully saturated rings. The minimum atomic E-state index is -1.12. The Hall–Kier alpha value is -2.91. The topological polar surface area (TPSA) is 74.3 Å². The van der Waals surface area contributed by atoms with Crippen molar-refractivity contribution in [2.45, 2.75) is 96.8 Å². The molecule has 0 saturated carbocycles. The van der Waals surface area contributed by atoms with Crippen LogP contribution in [0.3, 0.4) is 0 Å². The minimum absolute atomic E-state index is 0.0258. The number of methoxy groups -OCH3 is 2. The van der Waals surface area contributed by atoms with Crippen LogP contribution in [0.4, 0.5) is 4.79 Å². The van der Waals surface area contributed by atoms with Crippen molar-refractivity contribution in [2.75, 3.05) is 20.0 Å². The predicted molar refractivity (Wildman–Crippen MR) is 162 cm³/mol. The first-order chi connectivity index (χ1) is 19.7. The molecule has 0 spiro atoms. The highest BCUT2D eigenvalue weighted by atomic mass is 32.2. The van der Waals surface area contributed by atoms with Gasteiger partial charge in [-0.1, -0.05) is 36.4 Å². The summed E-state index contributed by atoms with van der Waals surface area (Å²) in [6, 6.07) is 7.33. The maximum Gasteiger partial charge on any atom is 0.330 e. The van der Waals surface area contributed by atoms with Gasteiger partial charge in [0.25, 0.3) is 5.24 Å². The quantitative estimate of drug-likeness (QED) is 0.162. The first-order valence-electron chi connectivity index (χ1n) is 14.2. The third-order valence-electron chi connectivity index (χ3n) is 7.53. The van der Waals surface area contributed by atoms with Crippen LogP contribution in [0.1, 0.15) is 71.8 Å². The van der Waals surface area contributed by atoms with Crippen molar-refractivity contribution in [3.63, 3.8) is 0 Å². The molecule has 2 heterocycles. The molecule has 3 rings (SSSR count). The van der Waals surface area contributed by atoms with E-state index in [0.29, 0.717) is 38.0 Å². The third kappa shape index (κ3) is 9.30. The second kappa shape index (κ2) is 15.9. The smallest absolute Gasteiger partial charge is 0.330 e. The summed E-state index contributed by atoms with van der Waals surface area (Å²) in [5.74, 6) is 12.1. The SMILES string of the molecule is CC#CCC/C(C)=C\C(=O)O[C@@H]1C[C@@H](CC[C@H](C)C#CC)O[C@@](OC)([C@H]2CSC(=O)N2Cc2ccc(OC)cc2)C1. The van der Waals surface area contributed by atoms with Crippen LogP contribution < -0.4 is 4.74 Å². The van der Waals surface area contributed by atoms with Gasteiger partial charge in [-0.3, -0.25) is 4.79 Å². The molecule has 0 aromatic heterocycles. The second-order valence-electron chi connectivity index (χ2n) is 10.6. The summed E-state index contributed by atoms with van der Waals surface area (Å²) in [6.07, 6.45) is 4.82. The molecule has 222 valence electrons. The lowest BCUT2D eigenvalue weighted by molar-refractivity contribution is -0.305. The van der Waals surface area contributed by atoms with Gasteiger partial charge >= 0.3 is 5.97 Å². The molecule has 0 unspecified atom stereocenters. The zero-order valence-electron chi connectivity index (χ0n) is 25.2. The Labute approximate surface area is 249 Å². The summed E-state index contributed by atoms with van der Waals surface area (Å²) >= 11 is 1.26. The normalized spacial score (nSPS) is 25.0. The number of rotatable bonds is 12. The molecule has 1 aromatic carbocycles. The molecule has 0 radical (unpaired) electrons. The number of hydrogen-bond acceptors (Lipinski definition) is 7. The van der Waals surface area contributed by atoms with E-state index < -0.39 is 11.9 Å². The van der Waals surface area contributed by atoms with E-state index in [1.165, 1.54) is 11.8 Å². The summed E-state index contributed by atoms with van der Waals surface area (Å²) in [7, 11) is 3.24. The average molecular weight is 582 g/mol. The molecule has 8 heteroatoms. The molecule has 1 amide bonds. The number of hydrogen-bond donors (Lipinski definition) is 0. The number of carbonyl (C=O) groups excluding carboxylic acids is 2. The second-order valence-corrected chi connectivity index (χ2v) is 11.6. The molecule has 0 aliphatic carbocycles. The van der Waals surface area contributed by atoms with E-state index in [9.17, 15) is 9.59 Å². The van der Waals surface area contributed by atoms with Gasteiger partial charge in [-0.25, -0.2) is 4.79 Å². The van der Waals surface area contributed by atoms with E-state index in [-0.39, 0.29) is 29.3 Å². The fourth-order valence-electron chi connectivity index (χ4n) is 5.35. The molecule has 2 aliphatic heterocycles. The van der Waals surface area contributed by atoms with Crippen molar-refractivity contribution >= 4 is 23.0 Å². The van der Waals surface area contributed by atoms with Crippen LogP contribution in [0, 0.1) is 29.6 Å². The van der Waals surface area contributed by atoms with Crippen molar-refractivity contribution in [3.05, 3.63) is 41.5 Å². The molecule has 5 atom stereocenters. The van der Waals surface area contributed by atoms with E-state index in [1.807, 2.05) is 43.0 Å². The molecular weight excluding hydrogens is 538 g/mol. The number of esters is 1. The Morgan fingerprint density at radius 1 is 1.24 bits per heavy atom. The van der Waals surface area contributed by atoms with Crippen molar-refractivity contribution in [1.82, 2.24) is 4.90 Å². The maximum absolute atomic E-state index is 13.1. The zero-order chi connectivity index (χ0) is 29.8. The van der Waals surface area contributed by atoms with Crippen LogP contribution in [0.15, 0.2) is 35.9 Å². The number of carbonyl (C=O) groups is 2. The standard InChI is InChI=1S/C33H43NO6S/c1-7-9-10-12-25(4)19-31(35)39-29-20-28(16-13-24(3)11-8-2)40-33(21-29,38-6)30-23-41-32(36)34(30)22-26-14-17-27(37-5)18-15-26/h14-15,17-19,24,28-30H,10,12-13,16,20-23H2,1-6H3/b25-19-/t24-,28-,29-,30-,33-/m1/s1. The van der Waals surface area contributed by atoms with Crippen LogP contribution in [0.5, 0.6) is 5.75 Å². The minimum Gasteiger partial charge on any atom is -0.497 e. The fourth-order valence-corrected chi connectivity index (χ4v) is 6.44. The number of thioether (sulfide) groups is 1. The highest BCUT2D eigenvalue weighted by Crippen LogP contribution is 2.43. The van der Waals surface area contributed by atoms with Crippen molar-refractivity contribution in [1.29, 1.82) is 0 Å². The largest absolute Gasteiger partial charge is 0.497 e. The summed E-state index contributed by atoms with van der Waals surface area (Å²) in [4.78, 5) is 27.9. The van der Waals surface area contributed by atoms with Crippen molar-refractivity contribution in [2.24, 2.45) is 5.92 Å².